The van der Waals surface area contributed by atoms with Crippen LogP contribution < -0.4 is 9.47 Å². The standard InChI is InChI=1S/C19H30N4O4/c1-4-25-17(24)11-10-16-14-23(22-19(16)27-6-3)12-8-7-9-15-13-20-21-18(15)26-5-2/h13-14H,4-12H2,1-3H3,(H,20,21). The van der Waals surface area contributed by atoms with E-state index >= 15 is 0 Å². The van der Waals surface area contributed by atoms with E-state index in [0.29, 0.717) is 44.4 Å². The summed E-state index contributed by atoms with van der Waals surface area (Å²) in [6.45, 7) is 8.03. The second kappa shape index (κ2) is 11.3. The molecule has 0 aromatic carbocycles. The average Bonchev–Trinajstić information content (AvgIpc) is 3.25. The summed E-state index contributed by atoms with van der Waals surface area (Å²) in [5, 5.41) is 11.5. The van der Waals surface area contributed by atoms with Crippen LogP contribution in [0.15, 0.2) is 12.4 Å². The van der Waals surface area contributed by atoms with Gasteiger partial charge in [-0.3, -0.25) is 14.6 Å². The van der Waals surface area contributed by atoms with Gasteiger partial charge in [-0.05, 0) is 46.5 Å². The van der Waals surface area contributed by atoms with Crippen molar-refractivity contribution in [1.29, 1.82) is 0 Å². The molecule has 0 fully saturated rings. The first-order valence-corrected chi connectivity index (χ1v) is 9.68. The lowest BCUT2D eigenvalue weighted by Crippen LogP contribution is -2.05. The topological polar surface area (TPSA) is 91.3 Å². The molecule has 0 bridgehead atoms. The molecule has 0 aliphatic heterocycles. The number of aromatic amines is 1. The highest BCUT2D eigenvalue weighted by molar-refractivity contribution is 5.69. The van der Waals surface area contributed by atoms with Crippen molar-refractivity contribution in [2.24, 2.45) is 0 Å². The zero-order valence-corrected chi connectivity index (χ0v) is 16.5. The van der Waals surface area contributed by atoms with Gasteiger partial charge in [0.25, 0.3) is 0 Å². The molecule has 0 atom stereocenters. The Hall–Kier alpha value is -2.51. The minimum Gasteiger partial charge on any atom is -0.477 e. The lowest BCUT2D eigenvalue weighted by atomic mass is 10.1. The van der Waals surface area contributed by atoms with E-state index in [1.54, 1.807) is 0 Å². The largest absolute Gasteiger partial charge is 0.477 e. The second-order valence-corrected chi connectivity index (χ2v) is 6.07. The van der Waals surface area contributed by atoms with Crippen molar-refractivity contribution >= 4 is 5.97 Å². The van der Waals surface area contributed by atoms with Crippen molar-refractivity contribution in [3.8, 4) is 11.8 Å². The summed E-state index contributed by atoms with van der Waals surface area (Å²) >= 11 is 0. The van der Waals surface area contributed by atoms with Gasteiger partial charge >= 0.3 is 5.97 Å². The van der Waals surface area contributed by atoms with Gasteiger partial charge in [0.15, 0.2) is 0 Å². The van der Waals surface area contributed by atoms with Gasteiger partial charge in [0.05, 0.1) is 19.8 Å². The van der Waals surface area contributed by atoms with Crippen molar-refractivity contribution in [3.63, 3.8) is 0 Å². The number of aromatic nitrogens is 4. The fourth-order valence-corrected chi connectivity index (χ4v) is 2.79. The molecule has 0 amide bonds. The van der Waals surface area contributed by atoms with E-state index in [-0.39, 0.29) is 5.97 Å². The third kappa shape index (κ3) is 6.62. The van der Waals surface area contributed by atoms with E-state index in [9.17, 15) is 4.79 Å². The van der Waals surface area contributed by atoms with Crippen LogP contribution in [0.4, 0.5) is 0 Å². The smallest absolute Gasteiger partial charge is 0.306 e. The Morgan fingerprint density at radius 3 is 2.56 bits per heavy atom. The number of aryl methyl sites for hydroxylation is 3. The Morgan fingerprint density at radius 1 is 1.04 bits per heavy atom. The van der Waals surface area contributed by atoms with Crippen LogP contribution in [-0.4, -0.2) is 45.8 Å². The molecule has 1 N–H and O–H groups in total. The summed E-state index contributed by atoms with van der Waals surface area (Å²) in [5.74, 6) is 1.10. The maximum Gasteiger partial charge on any atom is 0.306 e. The highest BCUT2D eigenvalue weighted by atomic mass is 16.5. The zero-order chi connectivity index (χ0) is 19.5. The van der Waals surface area contributed by atoms with E-state index in [0.717, 1.165) is 36.9 Å². The van der Waals surface area contributed by atoms with E-state index < -0.39 is 0 Å². The highest BCUT2D eigenvalue weighted by Crippen LogP contribution is 2.20. The average molecular weight is 378 g/mol. The van der Waals surface area contributed by atoms with E-state index in [2.05, 4.69) is 15.3 Å². The first-order chi connectivity index (χ1) is 13.2. The first kappa shape index (κ1) is 20.8. The van der Waals surface area contributed by atoms with Gasteiger partial charge in [0.2, 0.25) is 11.8 Å². The molecule has 0 aliphatic carbocycles. The number of nitrogens with one attached hydrogen (secondary N) is 1. The summed E-state index contributed by atoms with van der Waals surface area (Å²) < 4.78 is 18.0. The number of unbranched alkanes of at least 4 members (excludes halogenated alkanes) is 1. The Kier molecular flexibility index (Phi) is 8.67. The van der Waals surface area contributed by atoms with Gasteiger partial charge in [-0.1, -0.05) is 0 Å². The number of carbonyl (C=O) groups excluding carboxylic acids is 1. The van der Waals surface area contributed by atoms with Gasteiger partial charge in [0, 0.05) is 36.5 Å². The molecule has 150 valence electrons. The molecule has 0 saturated heterocycles. The number of rotatable bonds is 13. The second-order valence-electron chi connectivity index (χ2n) is 6.07. The molecule has 2 aromatic heterocycles. The number of esters is 1. The van der Waals surface area contributed by atoms with Gasteiger partial charge in [-0.15, -0.1) is 10.2 Å². The summed E-state index contributed by atoms with van der Waals surface area (Å²) in [4.78, 5) is 11.6. The van der Waals surface area contributed by atoms with Gasteiger partial charge in [0.1, 0.15) is 0 Å². The van der Waals surface area contributed by atoms with Gasteiger partial charge in [-0.25, -0.2) is 0 Å². The predicted octanol–water partition coefficient (Wildman–Crippen LogP) is 2.92. The van der Waals surface area contributed by atoms with Crippen LogP contribution in [0.5, 0.6) is 11.8 Å². The fraction of sp³-hybridized carbons (Fsp3) is 0.632. The third-order valence-electron chi connectivity index (χ3n) is 4.03. The summed E-state index contributed by atoms with van der Waals surface area (Å²) in [7, 11) is 0. The molecule has 27 heavy (non-hydrogen) atoms. The van der Waals surface area contributed by atoms with Gasteiger partial charge in [-0.2, -0.15) is 0 Å². The SMILES string of the molecule is CCOC(=O)CCc1cn(CCCCc2c[nH]nc2OCC)nc1OCC. The number of carbonyl (C=O) groups is 1. The Bertz CT molecular complexity index is 696. The van der Waals surface area contributed by atoms with Crippen molar-refractivity contribution < 1.29 is 19.0 Å². The maximum absolute atomic E-state index is 11.6. The van der Waals surface area contributed by atoms with Crippen LogP contribution in [0.2, 0.25) is 0 Å². The predicted molar refractivity (Wildman–Crippen MR) is 101 cm³/mol. The molecule has 0 unspecified atom stereocenters. The molecule has 2 aromatic rings. The van der Waals surface area contributed by atoms with Crippen LogP contribution >= 0.6 is 0 Å². The molecule has 0 spiro atoms. The minimum absolute atomic E-state index is 0.196. The number of H-pyrrole nitrogens is 1. The zero-order valence-electron chi connectivity index (χ0n) is 16.5. The number of ether oxygens (including phenoxy) is 3. The third-order valence-corrected chi connectivity index (χ3v) is 4.03. The number of hydrogen-bond donors (Lipinski definition) is 1. The Balaban J connectivity index is 1.83. The first-order valence-electron chi connectivity index (χ1n) is 9.68. The Labute approximate surface area is 160 Å². The highest BCUT2D eigenvalue weighted by Gasteiger charge is 2.13. The molecule has 0 saturated carbocycles. The molecule has 8 heteroatoms. The number of nitrogens with zero attached hydrogens (tertiary/aromatic N) is 3. The molecule has 0 aliphatic rings. The van der Waals surface area contributed by atoms with Crippen molar-refractivity contribution in [2.45, 2.75) is 59.4 Å². The molecular formula is C19H30N4O4. The molecule has 8 nitrogen and oxygen atoms in total. The summed E-state index contributed by atoms with van der Waals surface area (Å²) in [5.41, 5.74) is 2.04. The quantitative estimate of drug-likeness (QED) is 0.426. The monoisotopic (exact) mass is 378 g/mol. The van der Waals surface area contributed by atoms with Crippen LogP contribution in [0.25, 0.3) is 0 Å². The molecule has 0 radical (unpaired) electrons. The number of hydrogen-bond acceptors (Lipinski definition) is 6. The molecule has 2 heterocycles. The van der Waals surface area contributed by atoms with E-state index in [4.69, 9.17) is 14.2 Å². The fourth-order valence-electron chi connectivity index (χ4n) is 2.79. The minimum atomic E-state index is -0.196. The van der Waals surface area contributed by atoms with Crippen molar-refractivity contribution in [2.75, 3.05) is 19.8 Å². The summed E-state index contributed by atoms with van der Waals surface area (Å²) in [6, 6.07) is 0. The molecule has 2 rings (SSSR count). The Morgan fingerprint density at radius 2 is 1.81 bits per heavy atom. The van der Waals surface area contributed by atoms with Crippen molar-refractivity contribution in [3.05, 3.63) is 23.5 Å². The van der Waals surface area contributed by atoms with Gasteiger partial charge < -0.3 is 14.2 Å². The molecular weight excluding hydrogens is 348 g/mol. The van der Waals surface area contributed by atoms with E-state index in [1.165, 1.54) is 0 Å². The van der Waals surface area contributed by atoms with Crippen LogP contribution in [0.3, 0.4) is 0 Å². The maximum atomic E-state index is 11.6. The van der Waals surface area contributed by atoms with Crippen molar-refractivity contribution in [1.82, 2.24) is 20.0 Å². The van der Waals surface area contributed by atoms with E-state index in [1.807, 2.05) is 37.8 Å². The van der Waals surface area contributed by atoms with Crippen LogP contribution in [0.1, 0.15) is 51.2 Å². The lowest BCUT2D eigenvalue weighted by Gasteiger charge is -2.03. The summed E-state index contributed by atoms with van der Waals surface area (Å²) in [6.07, 6.45) is 7.64. The van der Waals surface area contributed by atoms with Crippen LogP contribution in [0, 0.1) is 0 Å². The lowest BCUT2D eigenvalue weighted by molar-refractivity contribution is -0.143. The normalized spacial score (nSPS) is 10.8. The van der Waals surface area contributed by atoms with Crippen LogP contribution in [-0.2, 0) is 28.9 Å².